The van der Waals surface area contributed by atoms with Gasteiger partial charge in [0.2, 0.25) is 15.9 Å². The molecule has 0 bridgehead atoms. The van der Waals surface area contributed by atoms with Gasteiger partial charge in [-0.2, -0.15) is 4.31 Å². The predicted octanol–water partition coefficient (Wildman–Crippen LogP) is 5.45. The topological polar surface area (TPSA) is 119 Å². The van der Waals surface area contributed by atoms with Gasteiger partial charge < -0.3 is 20.8 Å². The van der Waals surface area contributed by atoms with E-state index in [1.165, 1.54) is 16.4 Å². The van der Waals surface area contributed by atoms with E-state index in [-0.39, 0.29) is 41.9 Å². The first-order chi connectivity index (χ1) is 22.2. The average Bonchev–Trinajstić information content (AvgIpc) is 3.06. The lowest BCUT2D eigenvalue weighted by Crippen LogP contribution is -2.50. The zero-order valence-electron chi connectivity index (χ0n) is 27.8. The summed E-state index contributed by atoms with van der Waals surface area (Å²) in [6.45, 7) is 6.02. The number of carbonyl (C=O) groups excluding carboxylic acids is 1. The molecule has 3 atom stereocenters. The van der Waals surface area contributed by atoms with Crippen LogP contribution >= 0.6 is 0 Å². The number of hydrogen-bond acceptors (Lipinski definition) is 6. The van der Waals surface area contributed by atoms with Gasteiger partial charge in [-0.15, -0.1) is 0 Å². The number of aliphatic hydroxyl groups is 2. The number of aliphatic hydroxyl groups excluding tert-OH is 2. The van der Waals surface area contributed by atoms with Gasteiger partial charge in [-0.3, -0.25) is 4.79 Å². The molecule has 9 heteroatoms. The Hall–Kier alpha value is -3.08. The monoisotopic (exact) mass is 651 g/mol. The molecule has 0 radical (unpaired) electrons. The Kier molecular flexibility index (Phi) is 15.4. The van der Waals surface area contributed by atoms with E-state index in [9.17, 15) is 23.4 Å². The molecule has 0 fully saturated rings. The van der Waals surface area contributed by atoms with Gasteiger partial charge in [0.15, 0.2) is 0 Å². The van der Waals surface area contributed by atoms with E-state index >= 15 is 0 Å². The molecule has 0 spiro atoms. The molecule has 0 aliphatic heterocycles. The second-order valence-electron chi connectivity index (χ2n) is 12.4. The van der Waals surface area contributed by atoms with Crippen molar-refractivity contribution in [2.45, 2.75) is 94.8 Å². The molecule has 0 aliphatic carbocycles. The van der Waals surface area contributed by atoms with Gasteiger partial charge in [0.1, 0.15) is 0 Å². The van der Waals surface area contributed by atoms with Crippen LogP contribution in [0.15, 0.2) is 89.8 Å². The van der Waals surface area contributed by atoms with Gasteiger partial charge in [-0.05, 0) is 73.9 Å². The van der Waals surface area contributed by atoms with Crippen molar-refractivity contribution in [3.63, 3.8) is 0 Å². The third kappa shape index (κ3) is 10.5. The van der Waals surface area contributed by atoms with E-state index in [1.54, 1.807) is 12.1 Å². The number of carbonyl (C=O) groups is 1. The Labute approximate surface area is 276 Å². The summed E-state index contributed by atoms with van der Waals surface area (Å²) in [4.78, 5) is 14.0. The SMILES string of the molecule is CCC[C@@H](CCC[C@@H](CO)N(CCC(C)C)S(=O)(=O)c1ccc(CO)cc1)NC(=O)[C@@H](NC)C(c1ccccc1)c1ccccc1. The first-order valence-corrected chi connectivity index (χ1v) is 18.0. The number of nitrogens with one attached hydrogen (secondary N) is 2. The van der Waals surface area contributed by atoms with Crippen molar-refractivity contribution in [1.29, 1.82) is 0 Å². The van der Waals surface area contributed by atoms with Gasteiger partial charge >= 0.3 is 0 Å². The maximum absolute atomic E-state index is 13.9. The molecule has 8 nitrogen and oxygen atoms in total. The normalized spacial score (nSPS) is 14.0. The zero-order valence-corrected chi connectivity index (χ0v) is 28.6. The number of rotatable bonds is 20. The van der Waals surface area contributed by atoms with E-state index in [2.05, 4.69) is 17.6 Å². The molecule has 0 saturated heterocycles. The number of amides is 1. The maximum atomic E-state index is 13.9. The molecule has 0 aliphatic rings. The van der Waals surface area contributed by atoms with Crippen LogP contribution in [-0.4, -0.2) is 67.2 Å². The first-order valence-electron chi connectivity index (χ1n) is 16.6. The lowest BCUT2D eigenvalue weighted by atomic mass is 9.84. The Morgan fingerprint density at radius 3 is 1.89 bits per heavy atom. The molecule has 1 amide bonds. The van der Waals surface area contributed by atoms with Crippen LogP contribution in [0.1, 0.15) is 81.9 Å². The molecule has 3 aromatic carbocycles. The minimum atomic E-state index is -3.88. The summed E-state index contributed by atoms with van der Waals surface area (Å²) in [5, 5.41) is 26.4. The lowest BCUT2D eigenvalue weighted by Gasteiger charge is -2.31. The summed E-state index contributed by atoms with van der Waals surface area (Å²) in [5.74, 6) is 0.0260. The average molecular weight is 652 g/mol. The minimum absolute atomic E-state index is 0.0789. The Morgan fingerprint density at radius 2 is 1.41 bits per heavy atom. The molecule has 0 aromatic heterocycles. The van der Waals surface area contributed by atoms with Crippen LogP contribution in [0.4, 0.5) is 0 Å². The van der Waals surface area contributed by atoms with Crippen LogP contribution in [0.3, 0.4) is 0 Å². The smallest absolute Gasteiger partial charge is 0.243 e. The van der Waals surface area contributed by atoms with Crippen LogP contribution in [-0.2, 0) is 21.4 Å². The summed E-state index contributed by atoms with van der Waals surface area (Å²) in [6.07, 6.45) is 4.10. The molecular weight excluding hydrogens is 598 g/mol. The standard InChI is InChI=1S/C37H53N3O5S/c1-5-13-32(39-37(43)36(38-4)35(30-14-8-6-9-15-30)31-16-10-7-11-17-31)18-12-19-33(27-42)40(25-24-28(2)3)46(44,45)34-22-20-29(26-41)21-23-34/h6-11,14-17,20-23,28,32-33,35-36,38,41-42H,5,12-13,18-19,24-27H2,1-4H3,(H,39,43)/t32-,33-,36-/m0/s1. The van der Waals surface area contributed by atoms with Crippen molar-refractivity contribution >= 4 is 15.9 Å². The fraction of sp³-hybridized carbons (Fsp3) is 0.486. The molecule has 4 N–H and O–H groups in total. The Morgan fingerprint density at radius 1 is 0.826 bits per heavy atom. The largest absolute Gasteiger partial charge is 0.395 e. The molecule has 3 aromatic rings. The maximum Gasteiger partial charge on any atom is 0.243 e. The third-order valence-corrected chi connectivity index (χ3v) is 10.5. The number of benzene rings is 3. The van der Waals surface area contributed by atoms with E-state index in [0.717, 1.165) is 24.0 Å². The number of hydrogen-bond donors (Lipinski definition) is 4. The van der Waals surface area contributed by atoms with Crippen LogP contribution < -0.4 is 10.6 Å². The van der Waals surface area contributed by atoms with Crippen molar-refractivity contribution in [2.24, 2.45) is 5.92 Å². The highest BCUT2D eigenvalue weighted by Crippen LogP contribution is 2.29. The second-order valence-corrected chi connectivity index (χ2v) is 14.3. The first kappa shape index (κ1) is 37.4. The van der Waals surface area contributed by atoms with Crippen LogP contribution in [0.2, 0.25) is 0 Å². The molecule has 0 unspecified atom stereocenters. The minimum Gasteiger partial charge on any atom is -0.395 e. The number of nitrogens with zero attached hydrogens (tertiary/aromatic N) is 1. The number of likely N-dealkylation sites (N-methyl/N-ethyl adjacent to an activating group) is 1. The van der Waals surface area contributed by atoms with E-state index in [0.29, 0.717) is 37.8 Å². The van der Waals surface area contributed by atoms with E-state index in [1.807, 2.05) is 81.6 Å². The van der Waals surface area contributed by atoms with Crippen LogP contribution in [0, 0.1) is 5.92 Å². The summed E-state index contributed by atoms with van der Waals surface area (Å²) in [7, 11) is -2.06. The zero-order chi connectivity index (χ0) is 33.5. The van der Waals surface area contributed by atoms with Crippen molar-refractivity contribution in [2.75, 3.05) is 20.2 Å². The van der Waals surface area contributed by atoms with Crippen LogP contribution in [0.5, 0.6) is 0 Å². The fourth-order valence-corrected chi connectivity index (χ4v) is 7.65. The molecular formula is C37H53N3O5S. The van der Waals surface area contributed by atoms with Gasteiger partial charge in [-0.25, -0.2) is 8.42 Å². The molecule has 0 heterocycles. The molecule has 46 heavy (non-hydrogen) atoms. The van der Waals surface area contributed by atoms with Crippen molar-refractivity contribution in [1.82, 2.24) is 14.9 Å². The third-order valence-electron chi connectivity index (χ3n) is 8.58. The molecule has 252 valence electrons. The van der Waals surface area contributed by atoms with Gasteiger partial charge in [0.05, 0.1) is 24.2 Å². The number of sulfonamides is 1. The van der Waals surface area contributed by atoms with Crippen LogP contribution in [0.25, 0.3) is 0 Å². The summed E-state index contributed by atoms with van der Waals surface area (Å²) in [5.41, 5.74) is 2.74. The van der Waals surface area contributed by atoms with E-state index in [4.69, 9.17) is 0 Å². The van der Waals surface area contributed by atoms with E-state index < -0.39 is 22.1 Å². The van der Waals surface area contributed by atoms with Gasteiger partial charge in [0, 0.05) is 24.5 Å². The van der Waals surface area contributed by atoms with Gasteiger partial charge in [0.25, 0.3) is 0 Å². The summed E-state index contributed by atoms with van der Waals surface area (Å²) in [6, 6.07) is 25.2. The predicted molar refractivity (Wildman–Crippen MR) is 185 cm³/mol. The Bertz CT molecular complexity index is 1360. The quantitative estimate of drug-likeness (QED) is 0.129. The lowest BCUT2D eigenvalue weighted by molar-refractivity contribution is -0.124. The molecule has 0 saturated carbocycles. The van der Waals surface area contributed by atoms with Crippen molar-refractivity contribution in [3.05, 3.63) is 102 Å². The highest BCUT2D eigenvalue weighted by Gasteiger charge is 2.33. The summed E-state index contributed by atoms with van der Waals surface area (Å²) >= 11 is 0. The van der Waals surface area contributed by atoms with Crippen molar-refractivity contribution in [3.8, 4) is 0 Å². The fourth-order valence-electron chi connectivity index (χ4n) is 5.99. The second kappa shape index (κ2) is 18.9. The highest BCUT2D eigenvalue weighted by molar-refractivity contribution is 7.89. The van der Waals surface area contributed by atoms with Gasteiger partial charge in [-0.1, -0.05) is 100.0 Å². The highest BCUT2D eigenvalue weighted by atomic mass is 32.2. The molecule has 3 rings (SSSR count). The summed E-state index contributed by atoms with van der Waals surface area (Å²) < 4.78 is 29.0. The van der Waals surface area contributed by atoms with Crippen molar-refractivity contribution < 1.29 is 23.4 Å². The Balaban J connectivity index is 1.75.